The van der Waals surface area contributed by atoms with Gasteiger partial charge in [0.2, 0.25) is 0 Å². The van der Waals surface area contributed by atoms with E-state index in [9.17, 15) is 13.2 Å². The first-order valence-corrected chi connectivity index (χ1v) is 9.82. The summed E-state index contributed by atoms with van der Waals surface area (Å²) in [5.74, 6) is 0.0323. The summed E-state index contributed by atoms with van der Waals surface area (Å²) in [7, 11) is -3.01. The van der Waals surface area contributed by atoms with E-state index in [4.69, 9.17) is 9.47 Å². The summed E-state index contributed by atoms with van der Waals surface area (Å²) in [4.78, 5) is 13.7. The molecule has 7 heteroatoms. The molecule has 0 atom stereocenters. The molecule has 1 aliphatic rings. The minimum Gasteiger partial charge on any atom is -0.444 e. The van der Waals surface area contributed by atoms with Crippen molar-refractivity contribution in [1.29, 1.82) is 0 Å². The lowest BCUT2D eigenvalue weighted by Crippen LogP contribution is -2.49. The van der Waals surface area contributed by atoms with Crippen LogP contribution in [0.15, 0.2) is 0 Å². The molecule has 22 heavy (non-hydrogen) atoms. The lowest BCUT2D eigenvalue weighted by Gasteiger charge is -2.41. The Labute approximate surface area is 134 Å². The molecule has 0 bridgehead atoms. The molecule has 0 aliphatic carbocycles. The standard InChI is InChI=1S/C15H29NO5S/c1-6-15(20-11-12-22(5,18)19)7-9-16(10-8-15)13(17)21-14(2,3)4/h6-12H2,1-5H3. The summed E-state index contributed by atoms with van der Waals surface area (Å²) in [5.41, 5.74) is -0.828. The van der Waals surface area contributed by atoms with Gasteiger partial charge in [0.15, 0.2) is 0 Å². The van der Waals surface area contributed by atoms with E-state index in [0.717, 1.165) is 6.42 Å². The first-order valence-electron chi connectivity index (χ1n) is 7.76. The average molecular weight is 335 g/mol. The summed E-state index contributed by atoms with van der Waals surface area (Å²) in [6.45, 7) is 8.92. The number of amides is 1. The first kappa shape index (κ1) is 19.2. The molecular formula is C15H29NO5S. The van der Waals surface area contributed by atoms with Crippen molar-refractivity contribution in [2.45, 2.75) is 58.2 Å². The van der Waals surface area contributed by atoms with Gasteiger partial charge in [-0.3, -0.25) is 0 Å². The van der Waals surface area contributed by atoms with Crippen molar-refractivity contribution in [2.24, 2.45) is 0 Å². The Kier molecular flexibility index (Phi) is 6.27. The molecule has 0 spiro atoms. The van der Waals surface area contributed by atoms with Crippen LogP contribution in [-0.2, 0) is 19.3 Å². The highest BCUT2D eigenvalue weighted by Crippen LogP contribution is 2.30. The van der Waals surface area contributed by atoms with Gasteiger partial charge in [-0.1, -0.05) is 6.92 Å². The van der Waals surface area contributed by atoms with E-state index in [1.807, 2.05) is 27.7 Å². The molecule has 1 fully saturated rings. The van der Waals surface area contributed by atoms with Crippen molar-refractivity contribution < 1.29 is 22.7 Å². The number of carbonyl (C=O) groups excluding carboxylic acids is 1. The highest BCUT2D eigenvalue weighted by Gasteiger charge is 2.36. The van der Waals surface area contributed by atoms with Gasteiger partial charge in [0, 0.05) is 19.3 Å². The van der Waals surface area contributed by atoms with Crippen LogP contribution < -0.4 is 0 Å². The molecule has 0 N–H and O–H groups in total. The normalized spacial score (nSPS) is 19.0. The number of piperidine rings is 1. The summed E-state index contributed by atoms with van der Waals surface area (Å²) >= 11 is 0. The van der Waals surface area contributed by atoms with Crippen molar-refractivity contribution in [3.05, 3.63) is 0 Å². The van der Waals surface area contributed by atoms with Crippen LogP contribution in [0.5, 0.6) is 0 Å². The Bertz CT molecular complexity index is 473. The second-order valence-corrected chi connectivity index (χ2v) is 9.24. The Morgan fingerprint density at radius 1 is 1.23 bits per heavy atom. The summed E-state index contributed by atoms with van der Waals surface area (Å²) < 4.78 is 33.6. The van der Waals surface area contributed by atoms with E-state index >= 15 is 0 Å². The largest absolute Gasteiger partial charge is 0.444 e. The predicted molar refractivity (Wildman–Crippen MR) is 85.7 cm³/mol. The molecule has 1 aliphatic heterocycles. The molecule has 0 radical (unpaired) electrons. The molecule has 0 aromatic rings. The maximum absolute atomic E-state index is 12.0. The van der Waals surface area contributed by atoms with Gasteiger partial charge in [0.25, 0.3) is 0 Å². The molecule has 1 heterocycles. The third-order valence-electron chi connectivity index (χ3n) is 3.83. The van der Waals surface area contributed by atoms with Gasteiger partial charge in [-0.2, -0.15) is 0 Å². The minimum absolute atomic E-state index is 0.0323. The molecule has 130 valence electrons. The Morgan fingerprint density at radius 3 is 2.18 bits per heavy atom. The fourth-order valence-corrected chi connectivity index (χ4v) is 2.82. The number of carbonyl (C=O) groups is 1. The maximum Gasteiger partial charge on any atom is 0.410 e. The van der Waals surface area contributed by atoms with Crippen LogP contribution in [0.3, 0.4) is 0 Å². The van der Waals surface area contributed by atoms with Gasteiger partial charge in [-0.15, -0.1) is 0 Å². The number of hydrogen-bond acceptors (Lipinski definition) is 5. The van der Waals surface area contributed by atoms with E-state index < -0.39 is 15.4 Å². The lowest BCUT2D eigenvalue weighted by molar-refractivity contribution is -0.0813. The van der Waals surface area contributed by atoms with Crippen LogP contribution in [-0.4, -0.2) is 62.3 Å². The topological polar surface area (TPSA) is 72.9 Å². The molecule has 0 aromatic heterocycles. The minimum atomic E-state index is -3.01. The third-order valence-corrected chi connectivity index (χ3v) is 4.74. The van der Waals surface area contributed by atoms with E-state index in [-0.39, 0.29) is 24.1 Å². The summed E-state index contributed by atoms with van der Waals surface area (Å²) in [6, 6.07) is 0. The molecule has 1 rings (SSSR count). The van der Waals surface area contributed by atoms with Crippen LogP contribution in [0.2, 0.25) is 0 Å². The number of rotatable bonds is 5. The van der Waals surface area contributed by atoms with Crippen LogP contribution >= 0.6 is 0 Å². The lowest BCUT2D eigenvalue weighted by atomic mass is 9.88. The highest BCUT2D eigenvalue weighted by atomic mass is 32.2. The van der Waals surface area contributed by atoms with Crippen molar-refractivity contribution >= 4 is 15.9 Å². The quantitative estimate of drug-likeness (QED) is 0.770. The zero-order chi connectivity index (χ0) is 17.0. The van der Waals surface area contributed by atoms with Gasteiger partial charge in [-0.25, -0.2) is 13.2 Å². The summed E-state index contributed by atoms with van der Waals surface area (Å²) in [5, 5.41) is 0. The number of ether oxygens (including phenoxy) is 2. The fraction of sp³-hybridized carbons (Fsp3) is 0.933. The van der Waals surface area contributed by atoms with Gasteiger partial charge in [0.1, 0.15) is 15.4 Å². The highest BCUT2D eigenvalue weighted by molar-refractivity contribution is 7.90. The van der Waals surface area contributed by atoms with Gasteiger partial charge < -0.3 is 14.4 Å². The van der Waals surface area contributed by atoms with Crippen molar-refractivity contribution in [2.75, 3.05) is 31.7 Å². The Morgan fingerprint density at radius 2 is 1.77 bits per heavy atom. The zero-order valence-electron chi connectivity index (χ0n) is 14.3. The monoisotopic (exact) mass is 335 g/mol. The molecule has 0 unspecified atom stereocenters. The first-order chi connectivity index (χ1) is 9.96. The third kappa shape index (κ3) is 6.52. The average Bonchev–Trinajstić information content (AvgIpc) is 2.36. The van der Waals surface area contributed by atoms with Crippen LogP contribution in [0.1, 0.15) is 47.0 Å². The van der Waals surface area contributed by atoms with E-state index in [0.29, 0.717) is 25.9 Å². The van der Waals surface area contributed by atoms with Crippen molar-refractivity contribution in [1.82, 2.24) is 4.90 Å². The van der Waals surface area contributed by atoms with Gasteiger partial charge >= 0.3 is 6.09 Å². The number of likely N-dealkylation sites (tertiary alicyclic amines) is 1. The molecular weight excluding hydrogens is 306 g/mol. The van der Waals surface area contributed by atoms with E-state index in [1.165, 1.54) is 6.26 Å². The smallest absolute Gasteiger partial charge is 0.410 e. The maximum atomic E-state index is 12.0. The zero-order valence-corrected chi connectivity index (χ0v) is 15.2. The van der Waals surface area contributed by atoms with E-state index in [1.54, 1.807) is 4.90 Å². The number of sulfone groups is 1. The van der Waals surface area contributed by atoms with Crippen molar-refractivity contribution in [3.8, 4) is 0 Å². The molecule has 6 nitrogen and oxygen atoms in total. The molecule has 1 saturated heterocycles. The Balaban J connectivity index is 2.51. The molecule has 1 amide bonds. The van der Waals surface area contributed by atoms with Gasteiger partial charge in [-0.05, 0) is 40.0 Å². The van der Waals surface area contributed by atoms with Crippen molar-refractivity contribution in [3.63, 3.8) is 0 Å². The number of nitrogens with zero attached hydrogens (tertiary/aromatic N) is 1. The SMILES string of the molecule is CCC1(OCCS(C)(=O)=O)CCN(C(=O)OC(C)(C)C)CC1. The Hall–Kier alpha value is -0.820. The second kappa shape index (κ2) is 7.17. The number of hydrogen-bond donors (Lipinski definition) is 0. The van der Waals surface area contributed by atoms with Crippen LogP contribution in [0.25, 0.3) is 0 Å². The van der Waals surface area contributed by atoms with Gasteiger partial charge in [0.05, 0.1) is 18.0 Å². The van der Waals surface area contributed by atoms with Crippen LogP contribution in [0, 0.1) is 0 Å². The van der Waals surface area contributed by atoms with Crippen LogP contribution in [0.4, 0.5) is 4.79 Å². The van der Waals surface area contributed by atoms with E-state index in [2.05, 4.69) is 0 Å². The fourth-order valence-electron chi connectivity index (χ4n) is 2.43. The molecule has 0 saturated carbocycles. The second-order valence-electron chi connectivity index (χ2n) is 6.98. The summed E-state index contributed by atoms with van der Waals surface area (Å²) in [6.07, 6.45) is 3.12. The molecule has 0 aromatic carbocycles. The predicted octanol–water partition coefficient (Wildman–Crippen LogP) is 2.23.